The molecule has 1 atom stereocenters. The SMILES string of the molecule is CCNC(=O)[C@@H]1CCCN1S(=O)(=O)NCc1ccccc1. The first-order valence-corrected chi connectivity index (χ1v) is 8.56. The van der Waals surface area contributed by atoms with Gasteiger partial charge in [0, 0.05) is 19.6 Å². The van der Waals surface area contributed by atoms with Gasteiger partial charge in [-0.15, -0.1) is 0 Å². The summed E-state index contributed by atoms with van der Waals surface area (Å²) >= 11 is 0. The molecule has 0 saturated carbocycles. The topological polar surface area (TPSA) is 78.5 Å². The number of carbonyl (C=O) groups is 1. The molecule has 1 saturated heterocycles. The second-order valence-electron chi connectivity index (χ2n) is 4.98. The van der Waals surface area contributed by atoms with E-state index in [-0.39, 0.29) is 12.5 Å². The minimum Gasteiger partial charge on any atom is -0.355 e. The number of amides is 1. The Hall–Kier alpha value is -1.44. The Kier molecular flexibility index (Phi) is 5.33. The lowest BCUT2D eigenvalue weighted by Gasteiger charge is -2.23. The maximum atomic E-state index is 12.4. The molecule has 1 fully saturated rings. The predicted molar refractivity (Wildman–Crippen MR) is 80.6 cm³/mol. The van der Waals surface area contributed by atoms with Crippen molar-refractivity contribution >= 4 is 16.1 Å². The number of hydrogen-bond donors (Lipinski definition) is 2. The first kappa shape index (κ1) is 15.9. The fourth-order valence-corrected chi connectivity index (χ4v) is 3.86. The number of nitrogens with zero attached hydrogens (tertiary/aromatic N) is 1. The first-order chi connectivity index (χ1) is 10.0. The highest BCUT2D eigenvalue weighted by Crippen LogP contribution is 2.20. The van der Waals surface area contributed by atoms with Crippen LogP contribution in [0.4, 0.5) is 0 Å². The van der Waals surface area contributed by atoms with Crippen molar-refractivity contribution in [3.05, 3.63) is 35.9 Å². The molecule has 6 nitrogen and oxygen atoms in total. The molecular weight excluding hydrogens is 290 g/mol. The van der Waals surface area contributed by atoms with E-state index in [2.05, 4.69) is 10.0 Å². The molecule has 116 valence electrons. The molecule has 1 aromatic carbocycles. The van der Waals surface area contributed by atoms with Crippen LogP contribution in [0.3, 0.4) is 0 Å². The molecule has 2 N–H and O–H groups in total. The molecule has 0 aromatic heterocycles. The lowest BCUT2D eigenvalue weighted by Crippen LogP contribution is -2.49. The number of nitrogens with one attached hydrogen (secondary N) is 2. The van der Waals surface area contributed by atoms with Crippen LogP contribution < -0.4 is 10.0 Å². The Balaban J connectivity index is 2.02. The Morgan fingerprint density at radius 1 is 1.33 bits per heavy atom. The molecule has 1 aliphatic rings. The summed E-state index contributed by atoms with van der Waals surface area (Å²) in [5.74, 6) is -0.222. The van der Waals surface area contributed by atoms with Gasteiger partial charge in [0.05, 0.1) is 0 Å². The van der Waals surface area contributed by atoms with Crippen molar-refractivity contribution in [3.63, 3.8) is 0 Å². The summed E-state index contributed by atoms with van der Waals surface area (Å²) in [5.41, 5.74) is 0.884. The van der Waals surface area contributed by atoms with Crippen molar-refractivity contribution in [1.29, 1.82) is 0 Å². The summed E-state index contributed by atoms with van der Waals surface area (Å²) in [6, 6.07) is 8.71. The minimum atomic E-state index is -3.65. The van der Waals surface area contributed by atoms with Gasteiger partial charge in [0.25, 0.3) is 10.2 Å². The van der Waals surface area contributed by atoms with Crippen molar-refractivity contribution in [2.24, 2.45) is 0 Å². The maximum absolute atomic E-state index is 12.4. The molecule has 21 heavy (non-hydrogen) atoms. The van der Waals surface area contributed by atoms with E-state index in [0.717, 1.165) is 5.56 Å². The second-order valence-corrected chi connectivity index (χ2v) is 6.68. The molecule has 1 aromatic rings. The van der Waals surface area contributed by atoms with E-state index in [4.69, 9.17) is 0 Å². The van der Waals surface area contributed by atoms with E-state index in [1.165, 1.54) is 4.31 Å². The molecule has 1 aliphatic heterocycles. The van der Waals surface area contributed by atoms with Crippen LogP contribution in [0.15, 0.2) is 30.3 Å². The van der Waals surface area contributed by atoms with Gasteiger partial charge in [-0.2, -0.15) is 17.4 Å². The summed E-state index contributed by atoms with van der Waals surface area (Å²) in [4.78, 5) is 11.9. The quantitative estimate of drug-likeness (QED) is 0.808. The van der Waals surface area contributed by atoms with Crippen molar-refractivity contribution in [3.8, 4) is 0 Å². The van der Waals surface area contributed by atoms with Crippen LogP contribution in [0, 0.1) is 0 Å². The van der Waals surface area contributed by atoms with Crippen molar-refractivity contribution in [2.75, 3.05) is 13.1 Å². The highest BCUT2D eigenvalue weighted by molar-refractivity contribution is 7.87. The van der Waals surface area contributed by atoms with Crippen LogP contribution in [0.2, 0.25) is 0 Å². The average molecular weight is 311 g/mol. The summed E-state index contributed by atoms with van der Waals surface area (Å²) in [5, 5.41) is 2.69. The van der Waals surface area contributed by atoms with E-state index in [0.29, 0.717) is 25.9 Å². The third-order valence-electron chi connectivity index (χ3n) is 3.47. The Labute approximate surface area is 125 Å². The zero-order valence-corrected chi connectivity index (χ0v) is 12.9. The molecule has 7 heteroatoms. The fourth-order valence-electron chi connectivity index (χ4n) is 2.44. The van der Waals surface area contributed by atoms with Crippen LogP contribution in [0.1, 0.15) is 25.3 Å². The third kappa shape index (κ3) is 4.03. The van der Waals surface area contributed by atoms with E-state index in [1.807, 2.05) is 37.3 Å². The molecule has 0 bridgehead atoms. The lowest BCUT2D eigenvalue weighted by molar-refractivity contribution is -0.124. The molecular formula is C14H21N3O3S. The predicted octanol–water partition coefficient (Wildman–Crippen LogP) is 0.622. The number of likely N-dealkylation sites (N-methyl/N-ethyl adjacent to an activating group) is 1. The maximum Gasteiger partial charge on any atom is 0.280 e. The smallest absolute Gasteiger partial charge is 0.280 e. The average Bonchev–Trinajstić information content (AvgIpc) is 2.97. The number of benzene rings is 1. The van der Waals surface area contributed by atoms with Crippen LogP contribution in [0.5, 0.6) is 0 Å². The van der Waals surface area contributed by atoms with E-state index < -0.39 is 16.3 Å². The summed E-state index contributed by atoms with van der Waals surface area (Å²) in [6.45, 7) is 2.92. The first-order valence-electron chi connectivity index (χ1n) is 7.12. The lowest BCUT2D eigenvalue weighted by atomic mass is 10.2. The molecule has 0 aliphatic carbocycles. The summed E-state index contributed by atoms with van der Waals surface area (Å²) in [7, 11) is -3.65. The molecule has 0 radical (unpaired) electrons. The van der Waals surface area contributed by atoms with Crippen LogP contribution in [-0.2, 0) is 21.5 Å². The van der Waals surface area contributed by atoms with Crippen LogP contribution in [0.25, 0.3) is 0 Å². The Morgan fingerprint density at radius 3 is 2.71 bits per heavy atom. The molecule has 1 heterocycles. The Bertz CT molecular complexity index is 574. The number of carbonyl (C=O) groups excluding carboxylic acids is 1. The number of rotatable bonds is 6. The van der Waals surface area contributed by atoms with Gasteiger partial charge in [0.1, 0.15) is 6.04 Å². The van der Waals surface area contributed by atoms with Gasteiger partial charge >= 0.3 is 0 Å². The van der Waals surface area contributed by atoms with Gasteiger partial charge in [-0.3, -0.25) is 4.79 Å². The molecule has 0 unspecified atom stereocenters. The molecule has 0 spiro atoms. The summed E-state index contributed by atoms with van der Waals surface area (Å²) < 4.78 is 28.5. The molecule has 2 rings (SSSR count). The monoisotopic (exact) mass is 311 g/mol. The highest BCUT2D eigenvalue weighted by atomic mass is 32.2. The highest BCUT2D eigenvalue weighted by Gasteiger charge is 2.38. The van der Waals surface area contributed by atoms with Gasteiger partial charge in [-0.25, -0.2) is 0 Å². The largest absolute Gasteiger partial charge is 0.355 e. The van der Waals surface area contributed by atoms with Crippen molar-refractivity contribution in [1.82, 2.24) is 14.3 Å². The van der Waals surface area contributed by atoms with E-state index >= 15 is 0 Å². The van der Waals surface area contributed by atoms with Gasteiger partial charge in [-0.05, 0) is 25.3 Å². The van der Waals surface area contributed by atoms with Gasteiger partial charge < -0.3 is 5.32 Å². The van der Waals surface area contributed by atoms with Crippen molar-refractivity contribution in [2.45, 2.75) is 32.4 Å². The van der Waals surface area contributed by atoms with E-state index in [1.54, 1.807) is 0 Å². The zero-order valence-electron chi connectivity index (χ0n) is 12.1. The van der Waals surface area contributed by atoms with E-state index in [9.17, 15) is 13.2 Å². The van der Waals surface area contributed by atoms with Crippen LogP contribution >= 0.6 is 0 Å². The van der Waals surface area contributed by atoms with Crippen LogP contribution in [-0.4, -0.2) is 37.8 Å². The Morgan fingerprint density at radius 2 is 2.05 bits per heavy atom. The zero-order chi connectivity index (χ0) is 15.3. The minimum absolute atomic E-state index is 0.222. The van der Waals surface area contributed by atoms with Gasteiger partial charge in [0.15, 0.2) is 0 Å². The normalized spacial score (nSPS) is 19.6. The third-order valence-corrected chi connectivity index (χ3v) is 5.03. The molecule has 1 amide bonds. The summed E-state index contributed by atoms with van der Waals surface area (Å²) in [6.07, 6.45) is 1.27. The van der Waals surface area contributed by atoms with Gasteiger partial charge in [-0.1, -0.05) is 30.3 Å². The van der Waals surface area contributed by atoms with Crippen molar-refractivity contribution < 1.29 is 13.2 Å². The standard InChI is InChI=1S/C14H21N3O3S/c1-2-15-14(18)13-9-6-10-17(13)21(19,20)16-11-12-7-4-3-5-8-12/h3-5,7-8,13,16H,2,6,9-11H2,1H3,(H,15,18)/t13-/m0/s1. The fraction of sp³-hybridized carbons (Fsp3) is 0.500. The van der Waals surface area contributed by atoms with Gasteiger partial charge in [0.2, 0.25) is 5.91 Å². The second kappa shape index (κ2) is 7.02. The number of hydrogen-bond acceptors (Lipinski definition) is 3.